The Hall–Kier alpha value is -3.64. The fourth-order valence-corrected chi connectivity index (χ4v) is 6.26. The van der Waals surface area contributed by atoms with E-state index in [9.17, 15) is 46.0 Å². The first-order chi connectivity index (χ1) is 20.3. The summed E-state index contributed by atoms with van der Waals surface area (Å²) < 4.78 is 116. The Morgan fingerprint density at radius 3 is 2.05 bits per heavy atom. The van der Waals surface area contributed by atoms with Crippen LogP contribution in [-0.4, -0.2) is 70.2 Å². The van der Waals surface area contributed by atoms with Crippen molar-refractivity contribution in [2.75, 3.05) is 19.6 Å². The Bertz CT molecular complexity index is 1390. The second kappa shape index (κ2) is 10.5. The number of halogens is 8. The molecule has 5 rings (SSSR count). The number of alkyl halides is 8. The summed E-state index contributed by atoms with van der Waals surface area (Å²) in [5.41, 5.74) is -7.23. The van der Waals surface area contributed by atoms with E-state index in [2.05, 4.69) is 5.32 Å². The number of amides is 3. The van der Waals surface area contributed by atoms with Gasteiger partial charge in [-0.3, -0.25) is 9.59 Å². The Balaban J connectivity index is 1.46. The molecule has 0 bridgehead atoms. The van der Waals surface area contributed by atoms with Crippen LogP contribution in [0.3, 0.4) is 0 Å². The topological polar surface area (TPSA) is 114 Å². The lowest BCUT2D eigenvalue weighted by Crippen LogP contribution is -2.53. The number of carboxylic acid groups (broad SMARTS) is 1. The number of nitriles is 1. The van der Waals surface area contributed by atoms with Gasteiger partial charge in [0.25, 0.3) is 5.92 Å². The Morgan fingerprint density at radius 1 is 0.955 bits per heavy atom. The lowest BCUT2D eigenvalue weighted by Gasteiger charge is -2.32. The smallest absolute Gasteiger partial charge is 0.416 e. The van der Waals surface area contributed by atoms with Crippen molar-refractivity contribution in [3.8, 4) is 6.07 Å². The number of likely N-dealkylation sites (tertiary alicyclic amines) is 2. The van der Waals surface area contributed by atoms with Crippen LogP contribution in [0, 0.1) is 22.7 Å². The van der Waals surface area contributed by atoms with Crippen LogP contribution in [-0.2, 0) is 21.7 Å². The molecule has 1 aromatic carbocycles. The number of hydrogen-bond acceptors (Lipinski definition) is 4. The van der Waals surface area contributed by atoms with E-state index in [0.717, 1.165) is 11.0 Å². The molecule has 2 saturated carbocycles. The molecule has 2 heterocycles. The zero-order valence-corrected chi connectivity index (χ0v) is 23.1. The molecule has 2 aliphatic heterocycles. The lowest BCUT2D eigenvalue weighted by molar-refractivity contribution is -0.199. The van der Waals surface area contributed by atoms with Crippen LogP contribution in [0.4, 0.5) is 39.9 Å². The van der Waals surface area contributed by atoms with Gasteiger partial charge in [0.15, 0.2) is 0 Å². The molecule has 0 spiro atoms. The zero-order chi connectivity index (χ0) is 32.5. The van der Waals surface area contributed by atoms with Crippen molar-refractivity contribution in [3.63, 3.8) is 0 Å². The predicted octanol–water partition coefficient (Wildman–Crippen LogP) is 5.39. The van der Waals surface area contributed by atoms with Gasteiger partial charge in [0.1, 0.15) is 17.0 Å². The highest BCUT2D eigenvalue weighted by Crippen LogP contribution is 2.60. The van der Waals surface area contributed by atoms with Gasteiger partial charge >= 0.3 is 18.4 Å². The molecular formula is C28H28F8N4O4. The molecule has 4 aliphatic rings. The summed E-state index contributed by atoms with van der Waals surface area (Å²) in [6.45, 7) is -1.02. The van der Waals surface area contributed by atoms with Gasteiger partial charge in [-0.15, -0.1) is 0 Å². The van der Waals surface area contributed by atoms with Gasteiger partial charge in [-0.25, -0.2) is 13.6 Å². The van der Waals surface area contributed by atoms with Gasteiger partial charge in [-0.1, -0.05) is 12.1 Å². The highest BCUT2D eigenvalue weighted by molar-refractivity contribution is 5.93. The fraction of sp³-hybridized carbons (Fsp3) is 0.643. The molecule has 2 atom stereocenters. The zero-order valence-electron chi connectivity index (χ0n) is 23.1. The van der Waals surface area contributed by atoms with E-state index in [4.69, 9.17) is 5.11 Å². The molecule has 2 N–H and O–H groups in total. The normalized spacial score (nSPS) is 24.9. The number of piperidine rings is 1. The van der Waals surface area contributed by atoms with Crippen LogP contribution in [0.25, 0.3) is 0 Å². The quantitative estimate of drug-likeness (QED) is 0.407. The Kier molecular flexibility index (Phi) is 7.56. The Labute approximate surface area is 246 Å². The summed E-state index contributed by atoms with van der Waals surface area (Å²) in [4.78, 5) is 38.9. The summed E-state index contributed by atoms with van der Waals surface area (Å²) >= 11 is 0. The standard InChI is InChI=1S/C28H28F8N4O4/c29-26(30,18-2-1-16(11-19(18)27(31,32)33)15-3-9-39(10-4-15)23(43)44)17-12-20(21(41)38-24(14-37)5-6-24)40(13-17)22(42)25(7-8-25)28(34,35)36/h1-2,11,15,17,20H,3-10,12-13H2,(H,38,41)(H,43,44)/t17?,20-/m0/s1. The summed E-state index contributed by atoms with van der Waals surface area (Å²) in [6.07, 6.45) is -12.9. The van der Waals surface area contributed by atoms with Crippen LogP contribution in [0.1, 0.15) is 67.6 Å². The van der Waals surface area contributed by atoms with Crippen molar-refractivity contribution in [2.45, 2.75) is 80.7 Å². The number of rotatable bonds is 6. The second-order valence-corrected chi connectivity index (χ2v) is 12.1. The number of carbonyl (C=O) groups excluding carboxylic acids is 2. The number of nitrogens with zero attached hydrogens (tertiary/aromatic N) is 3. The molecule has 1 unspecified atom stereocenters. The van der Waals surface area contributed by atoms with Crippen molar-refractivity contribution in [2.24, 2.45) is 11.3 Å². The summed E-state index contributed by atoms with van der Waals surface area (Å²) in [5.74, 6) is -9.72. The third-order valence-electron chi connectivity index (χ3n) is 9.35. The van der Waals surface area contributed by atoms with E-state index >= 15 is 8.78 Å². The average Bonchev–Trinajstić information content (AvgIpc) is 3.88. The molecule has 16 heteroatoms. The first-order valence-corrected chi connectivity index (χ1v) is 14.0. The van der Waals surface area contributed by atoms with Crippen LogP contribution >= 0.6 is 0 Å². The van der Waals surface area contributed by atoms with Gasteiger partial charge in [0, 0.05) is 31.1 Å². The highest BCUT2D eigenvalue weighted by atomic mass is 19.4. The van der Waals surface area contributed by atoms with E-state index in [-0.39, 0.29) is 44.3 Å². The van der Waals surface area contributed by atoms with Gasteiger partial charge in [0.05, 0.1) is 11.6 Å². The minimum atomic E-state index is -5.26. The van der Waals surface area contributed by atoms with Crippen LogP contribution in [0.2, 0.25) is 0 Å². The van der Waals surface area contributed by atoms with E-state index < -0.39 is 102 Å². The van der Waals surface area contributed by atoms with E-state index in [1.54, 1.807) is 0 Å². The number of benzene rings is 1. The minimum absolute atomic E-state index is 0.0428. The molecule has 8 nitrogen and oxygen atoms in total. The van der Waals surface area contributed by atoms with Gasteiger partial charge in [0.2, 0.25) is 11.8 Å². The van der Waals surface area contributed by atoms with E-state index in [1.165, 1.54) is 0 Å². The highest BCUT2D eigenvalue weighted by Gasteiger charge is 2.71. The summed E-state index contributed by atoms with van der Waals surface area (Å²) in [7, 11) is 0. The lowest BCUT2D eigenvalue weighted by atomic mass is 9.84. The van der Waals surface area contributed by atoms with Crippen molar-refractivity contribution in [3.05, 3.63) is 34.9 Å². The molecule has 4 fully saturated rings. The van der Waals surface area contributed by atoms with Gasteiger partial charge in [-0.05, 0) is 62.5 Å². The largest absolute Gasteiger partial charge is 0.465 e. The maximum atomic E-state index is 16.1. The first-order valence-electron chi connectivity index (χ1n) is 14.0. The summed E-state index contributed by atoms with van der Waals surface area (Å²) in [5, 5.41) is 20.7. The maximum absolute atomic E-state index is 16.1. The monoisotopic (exact) mass is 636 g/mol. The average molecular weight is 637 g/mol. The van der Waals surface area contributed by atoms with Crippen molar-refractivity contribution < 1.29 is 54.6 Å². The van der Waals surface area contributed by atoms with E-state index in [0.29, 0.717) is 17.0 Å². The number of carbonyl (C=O) groups is 3. The van der Waals surface area contributed by atoms with Gasteiger partial charge < -0.3 is 20.2 Å². The molecule has 2 aliphatic carbocycles. The molecule has 44 heavy (non-hydrogen) atoms. The fourth-order valence-electron chi connectivity index (χ4n) is 6.26. The summed E-state index contributed by atoms with van der Waals surface area (Å²) in [6, 6.07) is 2.26. The molecule has 2 saturated heterocycles. The molecule has 1 aromatic rings. The molecular weight excluding hydrogens is 608 g/mol. The molecule has 0 radical (unpaired) electrons. The molecule has 3 amide bonds. The second-order valence-electron chi connectivity index (χ2n) is 12.1. The van der Waals surface area contributed by atoms with E-state index in [1.807, 2.05) is 6.07 Å². The number of hydrogen-bond donors (Lipinski definition) is 2. The SMILES string of the molecule is N#CC1(NC(=O)[C@@H]2CC(C(F)(F)c3ccc(C4CCN(C(=O)O)CC4)cc3C(F)(F)F)CN2C(=O)C2(C(F)(F)F)CC2)CC1. The maximum Gasteiger partial charge on any atom is 0.416 e. The predicted molar refractivity (Wildman–Crippen MR) is 134 cm³/mol. The van der Waals surface area contributed by atoms with Crippen molar-refractivity contribution >= 4 is 17.9 Å². The molecule has 240 valence electrons. The van der Waals surface area contributed by atoms with Crippen molar-refractivity contribution in [1.29, 1.82) is 5.26 Å². The van der Waals surface area contributed by atoms with Crippen LogP contribution in [0.5, 0.6) is 0 Å². The number of nitrogens with one attached hydrogen (secondary N) is 1. The third-order valence-corrected chi connectivity index (χ3v) is 9.35. The van der Waals surface area contributed by atoms with Gasteiger partial charge in [-0.2, -0.15) is 31.6 Å². The first kappa shape index (κ1) is 31.8. The molecule has 0 aromatic heterocycles. The van der Waals surface area contributed by atoms with Crippen molar-refractivity contribution in [1.82, 2.24) is 15.1 Å². The minimum Gasteiger partial charge on any atom is -0.465 e. The third kappa shape index (κ3) is 5.53. The Morgan fingerprint density at radius 2 is 1.57 bits per heavy atom. The van der Waals surface area contributed by atoms with Crippen LogP contribution in [0.15, 0.2) is 18.2 Å². The van der Waals surface area contributed by atoms with Crippen LogP contribution < -0.4 is 5.32 Å².